The summed E-state index contributed by atoms with van der Waals surface area (Å²) in [6, 6.07) is 13.3. The van der Waals surface area contributed by atoms with Crippen LogP contribution in [0.4, 0.5) is 5.69 Å². The van der Waals surface area contributed by atoms with Crippen molar-refractivity contribution >= 4 is 57.8 Å². The van der Waals surface area contributed by atoms with E-state index in [2.05, 4.69) is 27.2 Å². The van der Waals surface area contributed by atoms with E-state index in [0.717, 1.165) is 43.4 Å². The van der Waals surface area contributed by atoms with Gasteiger partial charge in [0.25, 0.3) is 0 Å². The molecule has 0 unspecified atom stereocenters. The van der Waals surface area contributed by atoms with Gasteiger partial charge in [0, 0.05) is 53.5 Å². The third-order valence-corrected chi connectivity index (χ3v) is 5.14. The van der Waals surface area contributed by atoms with Crippen LogP contribution in [0.15, 0.2) is 42.5 Å². The van der Waals surface area contributed by atoms with Gasteiger partial charge in [-0.15, -0.1) is 0 Å². The molecule has 2 aromatic rings. The fourth-order valence-electron chi connectivity index (χ4n) is 2.79. The second kappa shape index (κ2) is 8.56. The highest BCUT2D eigenvalue weighted by Crippen LogP contribution is 2.23. The van der Waals surface area contributed by atoms with Crippen molar-refractivity contribution in [3.63, 3.8) is 0 Å². The Morgan fingerprint density at radius 3 is 2.08 bits per heavy atom. The molecular formula is C18H18Cl3N3S. The Morgan fingerprint density at radius 2 is 1.48 bits per heavy atom. The van der Waals surface area contributed by atoms with Crippen molar-refractivity contribution in [2.45, 2.75) is 6.54 Å². The molecule has 0 spiro atoms. The molecule has 3 nitrogen and oxygen atoms in total. The Kier molecular flexibility index (Phi) is 6.42. The maximum Gasteiger partial charge on any atom is 0.173 e. The molecule has 1 heterocycles. The molecule has 7 heteroatoms. The summed E-state index contributed by atoms with van der Waals surface area (Å²) in [5, 5.41) is 5.86. The maximum atomic E-state index is 6.03. The van der Waals surface area contributed by atoms with Gasteiger partial charge in [-0.3, -0.25) is 4.90 Å². The molecular weight excluding hydrogens is 397 g/mol. The Balaban J connectivity index is 1.51. The standard InChI is InChI=1S/C18H18Cl3N3S/c19-14-3-1-13(2-4-14)12-23-5-7-24(8-6-23)18(25)22-17-10-15(20)9-16(21)11-17/h1-4,9-11H,5-8,12H2,(H,22,25). The number of anilines is 1. The van der Waals surface area contributed by atoms with E-state index in [9.17, 15) is 0 Å². The molecule has 25 heavy (non-hydrogen) atoms. The van der Waals surface area contributed by atoms with Gasteiger partial charge in [0.15, 0.2) is 5.11 Å². The molecule has 132 valence electrons. The van der Waals surface area contributed by atoms with E-state index >= 15 is 0 Å². The maximum absolute atomic E-state index is 6.03. The zero-order valence-electron chi connectivity index (χ0n) is 13.5. The summed E-state index contributed by atoms with van der Waals surface area (Å²) < 4.78 is 0. The van der Waals surface area contributed by atoms with Crippen LogP contribution in [0.5, 0.6) is 0 Å². The molecule has 3 rings (SSSR count). The van der Waals surface area contributed by atoms with Crippen LogP contribution in [0.3, 0.4) is 0 Å². The number of hydrogen-bond acceptors (Lipinski definition) is 2. The van der Waals surface area contributed by atoms with Gasteiger partial charge in [0.1, 0.15) is 0 Å². The van der Waals surface area contributed by atoms with Gasteiger partial charge in [-0.1, -0.05) is 46.9 Å². The number of nitrogens with zero attached hydrogens (tertiary/aromatic N) is 2. The molecule has 0 atom stereocenters. The molecule has 0 saturated carbocycles. The van der Waals surface area contributed by atoms with Crippen LogP contribution in [0.25, 0.3) is 0 Å². The monoisotopic (exact) mass is 413 g/mol. The van der Waals surface area contributed by atoms with Gasteiger partial charge in [-0.2, -0.15) is 0 Å². The predicted octanol–water partition coefficient (Wildman–Crippen LogP) is 5.16. The minimum Gasteiger partial charge on any atom is -0.346 e. The second-order valence-electron chi connectivity index (χ2n) is 5.98. The third kappa shape index (κ3) is 5.47. The van der Waals surface area contributed by atoms with Crippen LogP contribution in [0.2, 0.25) is 15.1 Å². The number of hydrogen-bond donors (Lipinski definition) is 1. The second-order valence-corrected chi connectivity index (χ2v) is 7.67. The van der Waals surface area contributed by atoms with Gasteiger partial charge >= 0.3 is 0 Å². The molecule has 1 aliphatic rings. The first-order valence-corrected chi connectivity index (χ1v) is 9.52. The van der Waals surface area contributed by atoms with E-state index in [1.54, 1.807) is 6.07 Å². The van der Waals surface area contributed by atoms with E-state index in [4.69, 9.17) is 47.0 Å². The summed E-state index contributed by atoms with van der Waals surface area (Å²) in [4.78, 5) is 4.58. The number of nitrogens with one attached hydrogen (secondary N) is 1. The minimum atomic E-state index is 0.589. The lowest BCUT2D eigenvalue weighted by Gasteiger charge is -2.36. The SMILES string of the molecule is S=C(Nc1cc(Cl)cc(Cl)c1)N1CCN(Cc2ccc(Cl)cc2)CC1. The Morgan fingerprint density at radius 1 is 0.880 bits per heavy atom. The molecule has 2 aromatic carbocycles. The highest BCUT2D eigenvalue weighted by Gasteiger charge is 2.19. The van der Waals surface area contributed by atoms with Crippen molar-refractivity contribution in [1.82, 2.24) is 9.80 Å². The molecule has 0 radical (unpaired) electrons. The molecule has 1 fully saturated rings. The molecule has 1 N–H and O–H groups in total. The zero-order chi connectivity index (χ0) is 17.8. The summed E-state index contributed by atoms with van der Waals surface area (Å²) in [5.41, 5.74) is 2.08. The average molecular weight is 415 g/mol. The predicted molar refractivity (Wildman–Crippen MR) is 111 cm³/mol. The van der Waals surface area contributed by atoms with Crippen molar-refractivity contribution in [3.8, 4) is 0 Å². The number of piperazine rings is 1. The average Bonchev–Trinajstić information content (AvgIpc) is 2.56. The molecule has 0 amide bonds. The lowest BCUT2D eigenvalue weighted by Crippen LogP contribution is -2.49. The molecule has 1 saturated heterocycles. The number of halogens is 3. The first-order valence-electron chi connectivity index (χ1n) is 7.98. The molecule has 0 aliphatic carbocycles. The first kappa shape index (κ1) is 18.7. The van der Waals surface area contributed by atoms with E-state index < -0.39 is 0 Å². The van der Waals surface area contributed by atoms with E-state index in [1.165, 1.54) is 5.56 Å². The number of thiocarbonyl (C=S) groups is 1. The summed E-state index contributed by atoms with van der Waals surface area (Å²) in [6.45, 7) is 4.61. The van der Waals surface area contributed by atoms with E-state index in [-0.39, 0.29) is 0 Å². The summed E-state index contributed by atoms with van der Waals surface area (Å²) >= 11 is 23.5. The van der Waals surface area contributed by atoms with Gasteiger partial charge in [0.05, 0.1) is 0 Å². The Labute approximate surface area is 168 Å². The van der Waals surface area contributed by atoms with Crippen LogP contribution >= 0.6 is 47.0 Å². The highest BCUT2D eigenvalue weighted by molar-refractivity contribution is 7.80. The van der Waals surface area contributed by atoms with Crippen molar-refractivity contribution in [3.05, 3.63) is 63.1 Å². The number of rotatable bonds is 3. The van der Waals surface area contributed by atoms with Crippen LogP contribution in [-0.4, -0.2) is 41.1 Å². The minimum absolute atomic E-state index is 0.589. The van der Waals surface area contributed by atoms with Crippen molar-refractivity contribution < 1.29 is 0 Å². The van der Waals surface area contributed by atoms with Crippen molar-refractivity contribution in [1.29, 1.82) is 0 Å². The van der Waals surface area contributed by atoms with Crippen LogP contribution in [0, 0.1) is 0 Å². The third-order valence-electron chi connectivity index (χ3n) is 4.09. The Hall–Kier alpha value is -1.04. The smallest absolute Gasteiger partial charge is 0.173 e. The normalized spacial score (nSPS) is 15.2. The van der Waals surface area contributed by atoms with Gasteiger partial charge in [-0.05, 0) is 48.1 Å². The van der Waals surface area contributed by atoms with Crippen LogP contribution < -0.4 is 5.32 Å². The summed E-state index contributed by atoms with van der Waals surface area (Å²) in [7, 11) is 0. The topological polar surface area (TPSA) is 18.5 Å². The van der Waals surface area contributed by atoms with Gasteiger partial charge < -0.3 is 10.2 Å². The first-order chi connectivity index (χ1) is 12.0. The largest absolute Gasteiger partial charge is 0.346 e. The van der Waals surface area contributed by atoms with Crippen LogP contribution in [0.1, 0.15) is 5.56 Å². The van der Waals surface area contributed by atoms with Crippen molar-refractivity contribution in [2.75, 3.05) is 31.5 Å². The number of benzene rings is 2. The Bertz CT molecular complexity index is 723. The quantitative estimate of drug-likeness (QED) is 0.699. The van der Waals surface area contributed by atoms with Gasteiger partial charge in [-0.25, -0.2) is 0 Å². The molecule has 1 aliphatic heterocycles. The lowest BCUT2D eigenvalue weighted by atomic mass is 10.2. The van der Waals surface area contributed by atoms with E-state index in [0.29, 0.717) is 15.2 Å². The lowest BCUT2D eigenvalue weighted by molar-refractivity contribution is 0.177. The van der Waals surface area contributed by atoms with E-state index in [1.807, 2.05) is 24.3 Å². The van der Waals surface area contributed by atoms with Gasteiger partial charge in [0.2, 0.25) is 0 Å². The summed E-state index contributed by atoms with van der Waals surface area (Å²) in [5.74, 6) is 0. The molecule has 0 bridgehead atoms. The zero-order valence-corrected chi connectivity index (χ0v) is 16.6. The highest BCUT2D eigenvalue weighted by atomic mass is 35.5. The molecule has 0 aromatic heterocycles. The fourth-order valence-corrected chi connectivity index (χ4v) is 3.74. The fraction of sp³-hybridized carbons (Fsp3) is 0.278. The summed E-state index contributed by atoms with van der Waals surface area (Å²) in [6.07, 6.45) is 0. The van der Waals surface area contributed by atoms with Crippen LogP contribution in [-0.2, 0) is 6.54 Å². The van der Waals surface area contributed by atoms with Crippen molar-refractivity contribution in [2.24, 2.45) is 0 Å².